The van der Waals surface area contributed by atoms with Gasteiger partial charge >= 0.3 is 0 Å². The molecule has 0 saturated carbocycles. The van der Waals surface area contributed by atoms with E-state index in [2.05, 4.69) is 414 Å². The Bertz CT molecular complexity index is 6460. The molecule has 0 radical (unpaired) electrons. The van der Waals surface area contributed by atoms with E-state index in [0.717, 1.165) is 34.1 Å². The maximum absolute atomic E-state index is 2.72. The molecule has 0 fully saturated rings. The molecule has 0 saturated heterocycles. The van der Waals surface area contributed by atoms with Crippen LogP contribution in [0.15, 0.2) is 291 Å². The number of nitrogens with zero attached hydrogens (tertiary/aromatic N) is 4. The molecule has 0 N–H and O–H groups in total. The summed E-state index contributed by atoms with van der Waals surface area (Å²) in [4.78, 5) is 5.42. The standard InChI is InChI=1S/C105H93BN4/c1-100(2,3)66-44-40-64(41-45-66)79-56-68(102(7,8)9)48-54-92(79)109-95-60-71(107-89-37-25-19-31-76(89)77-32-20-26-38-90(77)107)50-52-87(95)106-88-53-51-72(61-96(88)110(98-59-70(104(13,14)15)58-97(109)99(98)106)93-55-49-69(103(10,11)12)57-80(93)65-42-46-67(47-43-65)101(4,5)6)108-91-39-27-21-33-78(91)82-62-81-75-30-18-24-36-85(75)105(86(81)63-94(82)108)83-34-22-16-28-73(83)74-29-17-23-35-84(74)105/h16-63H,1-15H3. The number of hydrogen-bond donors (Lipinski definition) is 0. The average molecular weight is 1420 g/mol. The largest absolute Gasteiger partial charge is 0.311 e. The predicted octanol–water partition coefficient (Wildman–Crippen LogP) is 26.1. The molecule has 4 aliphatic rings. The van der Waals surface area contributed by atoms with Gasteiger partial charge in [-0.3, -0.25) is 0 Å². The summed E-state index contributed by atoms with van der Waals surface area (Å²) in [5, 5.41) is 4.95. The molecule has 110 heavy (non-hydrogen) atoms. The normalized spacial score (nSPS) is 14.2. The Balaban J connectivity index is 0.909. The number of benzene rings is 14. The number of anilines is 6. The van der Waals surface area contributed by atoms with Crippen LogP contribution in [0.25, 0.3) is 99.5 Å². The van der Waals surface area contributed by atoms with E-state index in [0.29, 0.717) is 0 Å². The second-order valence-electron chi connectivity index (χ2n) is 36.9. The minimum Gasteiger partial charge on any atom is -0.311 e. The highest BCUT2D eigenvalue weighted by Gasteiger charge is 2.52. The van der Waals surface area contributed by atoms with Crippen LogP contribution in [0, 0.1) is 0 Å². The van der Waals surface area contributed by atoms with E-state index in [1.54, 1.807) is 0 Å². The van der Waals surface area contributed by atoms with Crippen molar-refractivity contribution in [3.8, 4) is 55.9 Å². The quantitative estimate of drug-likeness (QED) is 0.154. The fourth-order valence-electron chi connectivity index (χ4n) is 19.4. The first-order valence-electron chi connectivity index (χ1n) is 39.7. The Hall–Kier alpha value is -11.7. The van der Waals surface area contributed by atoms with Crippen LogP contribution >= 0.6 is 0 Å². The van der Waals surface area contributed by atoms with E-state index in [1.807, 2.05) is 0 Å². The molecule has 2 aromatic heterocycles. The predicted molar refractivity (Wildman–Crippen MR) is 470 cm³/mol. The molecular formula is C105H93BN4. The summed E-state index contributed by atoms with van der Waals surface area (Å²) in [7, 11) is 0. The second kappa shape index (κ2) is 23.7. The third-order valence-electron chi connectivity index (χ3n) is 25.1. The van der Waals surface area contributed by atoms with Crippen molar-refractivity contribution < 1.29 is 0 Å². The van der Waals surface area contributed by atoms with Crippen LogP contribution in [-0.4, -0.2) is 15.8 Å². The third kappa shape index (κ3) is 9.97. The number of aromatic nitrogens is 2. The SMILES string of the molecule is CC(C)(C)c1ccc(-c2cc(C(C)(C)C)ccc2N2c3cc(-n4c5ccccc5c5ccccc54)ccc3B3c4ccc(-n5c6ccccc6c6cc7c(cc65)C5(c6ccccc6-c6ccccc65)c5ccccc5-7)cc4N(c4ccc(C(C)(C)C)cc4-c4ccc(C(C)(C)C)cc4)c4cc(C(C)(C)C)cc2c43)cc1. The highest BCUT2D eigenvalue weighted by Crippen LogP contribution is 2.64. The molecule has 0 amide bonds. The molecule has 16 aromatic rings. The van der Waals surface area contributed by atoms with Crippen molar-refractivity contribution in [3.05, 3.63) is 341 Å². The zero-order valence-corrected chi connectivity index (χ0v) is 66.1. The lowest BCUT2D eigenvalue weighted by molar-refractivity contribution is 0.589. The van der Waals surface area contributed by atoms with Gasteiger partial charge in [-0.15, -0.1) is 0 Å². The van der Waals surface area contributed by atoms with Crippen molar-refractivity contribution in [1.82, 2.24) is 9.13 Å². The van der Waals surface area contributed by atoms with Crippen molar-refractivity contribution in [1.29, 1.82) is 0 Å². The van der Waals surface area contributed by atoms with Gasteiger partial charge in [0.25, 0.3) is 6.71 Å². The summed E-state index contributed by atoms with van der Waals surface area (Å²) in [6.45, 7) is 35.1. The van der Waals surface area contributed by atoms with Crippen molar-refractivity contribution in [2.75, 3.05) is 9.80 Å². The minimum absolute atomic E-state index is 0.0208. The lowest BCUT2D eigenvalue weighted by Gasteiger charge is -2.46. The Morgan fingerprint density at radius 2 is 0.591 bits per heavy atom. The zero-order chi connectivity index (χ0) is 75.6. The molecular weight excluding hydrogens is 1330 g/mol. The Kier molecular flexibility index (Phi) is 14.6. The maximum atomic E-state index is 2.72. The lowest BCUT2D eigenvalue weighted by atomic mass is 9.33. The van der Waals surface area contributed by atoms with E-state index in [4.69, 9.17) is 0 Å². The number of rotatable bonds is 6. The number of fused-ring (bicyclic) bond motifs is 20. The van der Waals surface area contributed by atoms with Crippen LogP contribution in [0.2, 0.25) is 0 Å². The maximum Gasteiger partial charge on any atom is 0.252 e. The number of hydrogen-bond acceptors (Lipinski definition) is 2. The first-order chi connectivity index (χ1) is 52.7. The van der Waals surface area contributed by atoms with Gasteiger partial charge in [0.15, 0.2) is 0 Å². The van der Waals surface area contributed by atoms with Gasteiger partial charge in [0.05, 0.1) is 38.9 Å². The van der Waals surface area contributed by atoms with Gasteiger partial charge in [-0.05, 0) is 218 Å². The molecule has 0 bridgehead atoms. The second-order valence-corrected chi connectivity index (χ2v) is 36.9. The topological polar surface area (TPSA) is 16.3 Å². The van der Waals surface area contributed by atoms with Crippen LogP contribution in [0.1, 0.15) is 154 Å². The van der Waals surface area contributed by atoms with Crippen molar-refractivity contribution in [2.45, 2.75) is 136 Å². The monoisotopic (exact) mass is 1420 g/mol. The van der Waals surface area contributed by atoms with Crippen LogP contribution in [0.4, 0.5) is 34.1 Å². The van der Waals surface area contributed by atoms with E-state index in [-0.39, 0.29) is 33.8 Å². The summed E-state index contributed by atoms with van der Waals surface area (Å²) in [5.41, 5.74) is 38.3. The summed E-state index contributed by atoms with van der Waals surface area (Å²) >= 11 is 0. The van der Waals surface area contributed by atoms with Gasteiger partial charge in [0.1, 0.15) is 0 Å². The van der Waals surface area contributed by atoms with Gasteiger partial charge in [-0.25, -0.2) is 0 Å². The lowest BCUT2D eigenvalue weighted by Crippen LogP contribution is -2.61. The van der Waals surface area contributed by atoms with Crippen molar-refractivity contribution in [2.24, 2.45) is 0 Å². The summed E-state index contributed by atoms with van der Waals surface area (Å²) in [6, 6.07) is 114. The van der Waals surface area contributed by atoms with Gasteiger partial charge in [0.2, 0.25) is 0 Å². The smallest absolute Gasteiger partial charge is 0.252 e. The molecule has 4 nitrogen and oxygen atoms in total. The number of para-hydroxylation sites is 3. The fourth-order valence-corrected chi connectivity index (χ4v) is 19.4. The Morgan fingerprint density at radius 3 is 1.00 bits per heavy atom. The molecule has 2 aliphatic carbocycles. The molecule has 0 atom stereocenters. The Labute approximate surface area is 649 Å². The summed E-state index contributed by atoms with van der Waals surface area (Å²) < 4.78 is 5.12. The van der Waals surface area contributed by atoms with E-state index in [1.165, 1.54) is 166 Å². The molecule has 4 heterocycles. The van der Waals surface area contributed by atoms with E-state index < -0.39 is 5.41 Å². The first-order valence-corrected chi connectivity index (χ1v) is 39.7. The van der Waals surface area contributed by atoms with Crippen LogP contribution < -0.4 is 26.2 Å². The highest BCUT2D eigenvalue weighted by atomic mass is 15.2. The first kappa shape index (κ1) is 67.7. The fraction of sp³-hybridized carbons (Fsp3) is 0.200. The molecule has 2 aliphatic heterocycles. The molecule has 5 heteroatoms. The Morgan fingerprint density at radius 1 is 0.236 bits per heavy atom. The molecule has 0 unspecified atom stereocenters. The van der Waals surface area contributed by atoms with Crippen LogP contribution in [-0.2, 0) is 32.5 Å². The highest BCUT2D eigenvalue weighted by molar-refractivity contribution is 7.00. The summed E-state index contributed by atoms with van der Waals surface area (Å²) in [6.07, 6.45) is 0. The van der Waals surface area contributed by atoms with Crippen LogP contribution in [0.5, 0.6) is 0 Å². The third-order valence-corrected chi connectivity index (χ3v) is 25.1. The van der Waals surface area contributed by atoms with Gasteiger partial charge < -0.3 is 18.9 Å². The van der Waals surface area contributed by atoms with Crippen molar-refractivity contribution in [3.63, 3.8) is 0 Å². The zero-order valence-electron chi connectivity index (χ0n) is 66.1. The molecule has 1 spiro atoms. The molecule has 20 rings (SSSR count). The summed E-state index contributed by atoms with van der Waals surface area (Å²) in [5.74, 6) is 0. The van der Waals surface area contributed by atoms with E-state index >= 15 is 0 Å². The van der Waals surface area contributed by atoms with Crippen molar-refractivity contribution >= 4 is 101 Å². The molecule has 536 valence electrons. The molecule has 14 aromatic carbocycles. The van der Waals surface area contributed by atoms with Gasteiger partial charge in [0, 0.05) is 66.8 Å². The van der Waals surface area contributed by atoms with Crippen LogP contribution in [0.3, 0.4) is 0 Å². The minimum atomic E-state index is -0.524. The van der Waals surface area contributed by atoms with Gasteiger partial charge in [-0.2, -0.15) is 0 Å². The van der Waals surface area contributed by atoms with Gasteiger partial charge in [-0.1, -0.05) is 304 Å². The average Bonchev–Trinajstić information content (AvgIpc) is 1.38. The van der Waals surface area contributed by atoms with E-state index in [9.17, 15) is 0 Å².